The predicted molar refractivity (Wildman–Crippen MR) is 35.5 cm³/mol. The van der Waals surface area contributed by atoms with Crippen LogP contribution in [0, 0.1) is 11.8 Å². The summed E-state index contributed by atoms with van der Waals surface area (Å²) in [6.07, 6.45) is 3.34. The van der Waals surface area contributed by atoms with Crippen LogP contribution < -0.4 is 10.2 Å². The van der Waals surface area contributed by atoms with Gasteiger partial charge in [0.2, 0.25) is 0 Å². The van der Waals surface area contributed by atoms with Crippen LogP contribution in [0.2, 0.25) is 0 Å². The average Bonchev–Trinajstić information content (AvgIpc) is 2.85. The van der Waals surface area contributed by atoms with Crippen LogP contribution in [0.25, 0.3) is 0 Å². The molecule has 0 spiro atoms. The summed E-state index contributed by atoms with van der Waals surface area (Å²) in [5.41, 5.74) is 0. The van der Waals surface area contributed by atoms with Crippen LogP contribution >= 0.6 is 0 Å². The molecular formula is C8H10NiO4. The van der Waals surface area contributed by atoms with Gasteiger partial charge in [-0.1, -0.05) is 0 Å². The van der Waals surface area contributed by atoms with E-state index in [1.165, 1.54) is 0 Å². The summed E-state index contributed by atoms with van der Waals surface area (Å²) in [5.74, 6) is -1.94. The zero-order chi connectivity index (χ0) is 9.14. The van der Waals surface area contributed by atoms with Gasteiger partial charge in [0, 0.05) is 11.9 Å². The largest absolute Gasteiger partial charge is 2.00 e. The second-order valence-corrected chi connectivity index (χ2v) is 3.19. The van der Waals surface area contributed by atoms with E-state index in [1.54, 1.807) is 0 Å². The van der Waals surface area contributed by atoms with Crippen LogP contribution in [0.5, 0.6) is 0 Å². The zero-order valence-electron chi connectivity index (χ0n) is 6.93. The summed E-state index contributed by atoms with van der Waals surface area (Å²) in [4.78, 5) is 19.3. The van der Waals surface area contributed by atoms with E-state index in [0.717, 1.165) is 25.7 Å². The Labute approximate surface area is 86.2 Å². The molecular weight excluding hydrogens is 219 g/mol. The first-order valence-electron chi connectivity index (χ1n) is 4.03. The van der Waals surface area contributed by atoms with E-state index >= 15 is 0 Å². The van der Waals surface area contributed by atoms with E-state index < -0.39 is 11.9 Å². The van der Waals surface area contributed by atoms with Gasteiger partial charge in [-0.2, -0.15) is 0 Å². The molecule has 2 rings (SSSR count). The first-order valence-corrected chi connectivity index (χ1v) is 4.03. The van der Waals surface area contributed by atoms with E-state index in [0.29, 0.717) is 0 Å². The van der Waals surface area contributed by atoms with E-state index in [9.17, 15) is 19.8 Å². The molecule has 2 aliphatic rings. The Hall–Kier alpha value is -0.566. The van der Waals surface area contributed by atoms with Gasteiger partial charge in [-0.05, 0) is 37.5 Å². The molecule has 0 aromatic rings. The van der Waals surface area contributed by atoms with Gasteiger partial charge in [0.15, 0.2) is 0 Å². The second kappa shape index (κ2) is 5.23. The van der Waals surface area contributed by atoms with Gasteiger partial charge < -0.3 is 19.8 Å². The van der Waals surface area contributed by atoms with E-state index in [-0.39, 0.29) is 28.3 Å². The number of carbonyl (C=O) groups excluding carboxylic acids is 2. The number of aliphatic carboxylic acids is 2. The van der Waals surface area contributed by atoms with Crippen LogP contribution in [0.3, 0.4) is 0 Å². The summed E-state index contributed by atoms with van der Waals surface area (Å²) in [5, 5.41) is 19.3. The zero-order valence-corrected chi connectivity index (χ0v) is 7.92. The van der Waals surface area contributed by atoms with Crippen molar-refractivity contribution >= 4 is 11.9 Å². The molecule has 5 heteroatoms. The van der Waals surface area contributed by atoms with Gasteiger partial charge in [-0.15, -0.1) is 0 Å². The maximum atomic E-state index is 9.65. The Bertz CT molecular complexity index is 174. The van der Waals surface area contributed by atoms with Crippen molar-refractivity contribution < 1.29 is 36.3 Å². The van der Waals surface area contributed by atoms with Crippen molar-refractivity contribution in [1.82, 2.24) is 0 Å². The standard InChI is InChI=1S/2C4H6O2.Ni/c2*5-4(6)3-1-2-3;/h2*3H,1-2H2,(H,5,6);/q;;+2/p-2. The number of carboxylic acid groups (broad SMARTS) is 2. The fourth-order valence-electron chi connectivity index (χ4n) is 0.638. The summed E-state index contributed by atoms with van der Waals surface area (Å²) in [6, 6.07) is 0. The van der Waals surface area contributed by atoms with Gasteiger partial charge in [0.25, 0.3) is 0 Å². The van der Waals surface area contributed by atoms with Crippen molar-refractivity contribution in [3.63, 3.8) is 0 Å². The van der Waals surface area contributed by atoms with Gasteiger partial charge in [-0.25, -0.2) is 0 Å². The molecule has 0 atom stereocenters. The summed E-state index contributed by atoms with van der Waals surface area (Å²) in [6.45, 7) is 0. The Balaban J connectivity index is 0.000000206. The molecule has 0 amide bonds. The van der Waals surface area contributed by atoms with Gasteiger partial charge >= 0.3 is 16.5 Å². The molecule has 2 saturated carbocycles. The number of hydrogen-bond acceptors (Lipinski definition) is 4. The molecule has 4 nitrogen and oxygen atoms in total. The first kappa shape index (κ1) is 12.4. The van der Waals surface area contributed by atoms with Gasteiger partial charge in [-0.3, -0.25) is 0 Å². The molecule has 0 aromatic heterocycles. The summed E-state index contributed by atoms with van der Waals surface area (Å²) in [7, 11) is 0. The molecule has 0 unspecified atom stereocenters. The molecule has 2 fully saturated rings. The van der Waals surface area contributed by atoms with E-state index in [2.05, 4.69) is 0 Å². The minimum Gasteiger partial charge on any atom is -0.550 e. The summed E-state index contributed by atoms with van der Waals surface area (Å²) < 4.78 is 0. The molecule has 2 aliphatic carbocycles. The number of carboxylic acids is 2. The maximum Gasteiger partial charge on any atom is 2.00 e. The molecule has 0 N–H and O–H groups in total. The van der Waals surface area contributed by atoms with Crippen molar-refractivity contribution in [2.45, 2.75) is 25.7 Å². The third-order valence-electron chi connectivity index (χ3n) is 1.82. The Morgan fingerprint density at radius 3 is 1.08 bits per heavy atom. The van der Waals surface area contributed by atoms with Gasteiger partial charge in [0.05, 0.1) is 0 Å². The van der Waals surface area contributed by atoms with Gasteiger partial charge in [0.1, 0.15) is 0 Å². The van der Waals surface area contributed by atoms with Crippen LogP contribution in [0.1, 0.15) is 25.7 Å². The summed E-state index contributed by atoms with van der Waals surface area (Å²) >= 11 is 0. The minimum atomic E-state index is -0.880. The number of hydrogen-bond donors (Lipinski definition) is 0. The second-order valence-electron chi connectivity index (χ2n) is 3.19. The molecule has 0 radical (unpaired) electrons. The van der Waals surface area contributed by atoms with Crippen LogP contribution in [-0.4, -0.2) is 11.9 Å². The fraction of sp³-hybridized carbons (Fsp3) is 0.750. The molecule has 0 aromatic carbocycles. The maximum absolute atomic E-state index is 9.65. The first-order chi connectivity index (χ1) is 5.61. The smallest absolute Gasteiger partial charge is 0.550 e. The van der Waals surface area contributed by atoms with E-state index in [1.807, 2.05) is 0 Å². The Morgan fingerprint density at radius 1 is 0.846 bits per heavy atom. The predicted octanol–water partition coefficient (Wildman–Crippen LogP) is -1.71. The van der Waals surface area contributed by atoms with Crippen LogP contribution in [0.15, 0.2) is 0 Å². The molecule has 0 heterocycles. The Kier molecular flexibility index (Phi) is 5.00. The van der Waals surface area contributed by atoms with Crippen molar-refractivity contribution in [1.29, 1.82) is 0 Å². The third-order valence-corrected chi connectivity index (χ3v) is 1.82. The molecule has 76 valence electrons. The van der Waals surface area contributed by atoms with Crippen molar-refractivity contribution in [3.05, 3.63) is 0 Å². The van der Waals surface area contributed by atoms with Crippen LogP contribution in [-0.2, 0) is 26.1 Å². The van der Waals surface area contributed by atoms with Crippen LogP contribution in [0.4, 0.5) is 0 Å². The third kappa shape index (κ3) is 5.64. The average molecular weight is 229 g/mol. The Morgan fingerprint density at radius 2 is 1.08 bits per heavy atom. The normalized spacial score (nSPS) is 19.1. The molecule has 13 heavy (non-hydrogen) atoms. The molecule has 0 aliphatic heterocycles. The topological polar surface area (TPSA) is 80.3 Å². The quantitative estimate of drug-likeness (QED) is 0.528. The van der Waals surface area contributed by atoms with E-state index in [4.69, 9.17) is 0 Å². The minimum absolute atomic E-state index is 0. The molecule has 0 bridgehead atoms. The monoisotopic (exact) mass is 228 g/mol. The molecule has 0 saturated heterocycles. The SMILES string of the molecule is O=C([O-])C1CC1.O=C([O-])C1CC1.[Ni+2]. The van der Waals surface area contributed by atoms with Crippen molar-refractivity contribution in [3.8, 4) is 0 Å². The van der Waals surface area contributed by atoms with Crippen molar-refractivity contribution in [2.75, 3.05) is 0 Å². The number of carbonyl (C=O) groups is 2. The van der Waals surface area contributed by atoms with Crippen molar-refractivity contribution in [2.24, 2.45) is 11.8 Å². The number of rotatable bonds is 2. The fourth-order valence-corrected chi connectivity index (χ4v) is 0.638.